The highest BCUT2D eigenvalue weighted by molar-refractivity contribution is 5.97. The molecule has 0 aliphatic heterocycles. The molecule has 0 unspecified atom stereocenters. The summed E-state index contributed by atoms with van der Waals surface area (Å²) in [7, 11) is 0. The quantitative estimate of drug-likeness (QED) is 0.813. The van der Waals surface area contributed by atoms with Gasteiger partial charge in [0.15, 0.2) is 0 Å². The van der Waals surface area contributed by atoms with Crippen LogP contribution in [0.15, 0.2) is 18.2 Å². The number of carbonyl (C=O) groups is 1. The molecule has 0 spiro atoms. The first-order valence-electron chi connectivity index (χ1n) is 7.51. The van der Waals surface area contributed by atoms with Gasteiger partial charge < -0.3 is 15.8 Å². The minimum Gasteiger partial charge on any atom is -0.492 e. The van der Waals surface area contributed by atoms with Crippen molar-refractivity contribution >= 4 is 11.6 Å². The van der Waals surface area contributed by atoms with Crippen LogP contribution >= 0.6 is 0 Å². The standard InChI is InChI=1S/C16H24N2O2/c1-2-18-16(19)14-9-8-13(17)10-15(14)20-11-12-6-4-3-5-7-12/h8-10,12H,2-7,11,17H2,1H3,(H,18,19). The van der Waals surface area contributed by atoms with E-state index in [-0.39, 0.29) is 5.91 Å². The molecule has 4 heteroatoms. The molecule has 0 atom stereocenters. The number of nitrogens with two attached hydrogens (primary N) is 1. The van der Waals surface area contributed by atoms with E-state index in [1.165, 1.54) is 32.1 Å². The zero-order valence-electron chi connectivity index (χ0n) is 12.2. The molecule has 3 N–H and O–H groups in total. The second-order valence-corrected chi connectivity index (χ2v) is 5.43. The van der Waals surface area contributed by atoms with Gasteiger partial charge in [-0.05, 0) is 37.8 Å². The molecular formula is C16H24N2O2. The van der Waals surface area contributed by atoms with Gasteiger partial charge in [-0.25, -0.2) is 0 Å². The first kappa shape index (κ1) is 14.7. The number of amides is 1. The van der Waals surface area contributed by atoms with E-state index in [2.05, 4.69) is 5.32 Å². The Morgan fingerprint density at radius 1 is 1.35 bits per heavy atom. The molecule has 2 rings (SSSR count). The Labute approximate surface area is 120 Å². The van der Waals surface area contributed by atoms with Crippen LogP contribution < -0.4 is 15.8 Å². The lowest BCUT2D eigenvalue weighted by Crippen LogP contribution is -2.24. The van der Waals surface area contributed by atoms with E-state index in [1.807, 2.05) is 6.92 Å². The Hall–Kier alpha value is -1.71. The fraction of sp³-hybridized carbons (Fsp3) is 0.562. The van der Waals surface area contributed by atoms with Gasteiger partial charge in [0.25, 0.3) is 5.91 Å². The molecule has 0 radical (unpaired) electrons. The summed E-state index contributed by atoms with van der Waals surface area (Å²) < 4.78 is 5.88. The summed E-state index contributed by atoms with van der Waals surface area (Å²) in [4.78, 5) is 12.0. The molecule has 1 aromatic rings. The summed E-state index contributed by atoms with van der Waals surface area (Å²) in [6.07, 6.45) is 6.35. The second-order valence-electron chi connectivity index (χ2n) is 5.43. The second kappa shape index (κ2) is 7.17. The van der Waals surface area contributed by atoms with Crippen LogP contribution in [0.3, 0.4) is 0 Å². The molecule has 0 heterocycles. The highest BCUT2D eigenvalue weighted by atomic mass is 16.5. The average Bonchev–Trinajstić information content (AvgIpc) is 2.46. The van der Waals surface area contributed by atoms with E-state index in [0.717, 1.165) is 0 Å². The zero-order chi connectivity index (χ0) is 14.4. The van der Waals surface area contributed by atoms with Gasteiger partial charge in [-0.15, -0.1) is 0 Å². The minimum atomic E-state index is -0.105. The van der Waals surface area contributed by atoms with Gasteiger partial charge in [-0.2, -0.15) is 0 Å². The highest BCUT2D eigenvalue weighted by Crippen LogP contribution is 2.27. The van der Waals surface area contributed by atoms with E-state index in [4.69, 9.17) is 10.5 Å². The molecule has 1 fully saturated rings. The summed E-state index contributed by atoms with van der Waals surface area (Å²) in [5.41, 5.74) is 6.99. The molecule has 1 aliphatic rings. The summed E-state index contributed by atoms with van der Waals surface area (Å²) in [5, 5.41) is 2.80. The molecule has 0 aromatic heterocycles. The monoisotopic (exact) mass is 276 g/mol. The van der Waals surface area contributed by atoms with Gasteiger partial charge in [-0.3, -0.25) is 4.79 Å². The van der Waals surface area contributed by atoms with Crippen LogP contribution in [0.4, 0.5) is 5.69 Å². The van der Waals surface area contributed by atoms with E-state index < -0.39 is 0 Å². The zero-order valence-corrected chi connectivity index (χ0v) is 12.2. The predicted octanol–water partition coefficient (Wildman–Crippen LogP) is 2.98. The molecule has 20 heavy (non-hydrogen) atoms. The van der Waals surface area contributed by atoms with E-state index in [1.54, 1.807) is 18.2 Å². The number of benzene rings is 1. The number of hydrogen-bond acceptors (Lipinski definition) is 3. The van der Waals surface area contributed by atoms with Gasteiger partial charge in [-0.1, -0.05) is 19.3 Å². The van der Waals surface area contributed by atoms with Crippen molar-refractivity contribution in [2.75, 3.05) is 18.9 Å². The molecule has 1 saturated carbocycles. The maximum atomic E-state index is 12.0. The lowest BCUT2D eigenvalue weighted by atomic mass is 9.90. The minimum absolute atomic E-state index is 0.105. The molecule has 1 aliphatic carbocycles. The highest BCUT2D eigenvalue weighted by Gasteiger charge is 2.17. The summed E-state index contributed by atoms with van der Waals surface area (Å²) >= 11 is 0. The van der Waals surface area contributed by atoms with Crippen molar-refractivity contribution in [3.05, 3.63) is 23.8 Å². The van der Waals surface area contributed by atoms with Crippen LogP contribution in [0.5, 0.6) is 5.75 Å². The van der Waals surface area contributed by atoms with E-state index in [0.29, 0.717) is 36.1 Å². The third-order valence-corrected chi connectivity index (χ3v) is 3.79. The predicted molar refractivity (Wildman–Crippen MR) is 80.9 cm³/mol. The van der Waals surface area contributed by atoms with Crippen molar-refractivity contribution in [2.24, 2.45) is 5.92 Å². The first-order valence-corrected chi connectivity index (χ1v) is 7.51. The Kier molecular flexibility index (Phi) is 5.27. The smallest absolute Gasteiger partial charge is 0.255 e. The summed E-state index contributed by atoms with van der Waals surface area (Å²) in [6.45, 7) is 3.18. The van der Waals surface area contributed by atoms with Crippen LogP contribution in [0.2, 0.25) is 0 Å². The van der Waals surface area contributed by atoms with Crippen molar-refractivity contribution in [3.8, 4) is 5.75 Å². The Bertz CT molecular complexity index is 454. The van der Waals surface area contributed by atoms with Crippen LogP contribution in [0.25, 0.3) is 0 Å². The summed E-state index contributed by atoms with van der Waals surface area (Å²) in [5.74, 6) is 1.10. The van der Waals surface area contributed by atoms with E-state index >= 15 is 0 Å². The maximum absolute atomic E-state index is 12.0. The fourth-order valence-electron chi connectivity index (χ4n) is 2.66. The van der Waals surface area contributed by atoms with Crippen molar-refractivity contribution in [1.82, 2.24) is 5.32 Å². The largest absolute Gasteiger partial charge is 0.492 e. The number of hydrogen-bond donors (Lipinski definition) is 2. The topological polar surface area (TPSA) is 64.4 Å². The SMILES string of the molecule is CCNC(=O)c1ccc(N)cc1OCC1CCCCC1. The third-order valence-electron chi connectivity index (χ3n) is 3.79. The number of ether oxygens (including phenoxy) is 1. The number of nitrogens with one attached hydrogen (secondary N) is 1. The molecule has 1 amide bonds. The number of carbonyl (C=O) groups excluding carboxylic acids is 1. The molecule has 0 bridgehead atoms. The van der Waals surface area contributed by atoms with E-state index in [9.17, 15) is 4.79 Å². The Morgan fingerprint density at radius 2 is 2.10 bits per heavy atom. The van der Waals surface area contributed by atoms with Gasteiger partial charge in [0.05, 0.1) is 12.2 Å². The normalized spacial score (nSPS) is 15.8. The maximum Gasteiger partial charge on any atom is 0.255 e. The Balaban J connectivity index is 2.04. The van der Waals surface area contributed by atoms with Crippen LogP contribution in [0.1, 0.15) is 49.4 Å². The van der Waals surface area contributed by atoms with Crippen molar-refractivity contribution < 1.29 is 9.53 Å². The fourth-order valence-corrected chi connectivity index (χ4v) is 2.66. The molecule has 110 valence electrons. The van der Waals surface area contributed by atoms with Gasteiger partial charge in [0, 0.05) is 18.3 Å². The average molecular weight is 276 g/mol. The number of nitrogen functional groups attached to an aromatic ring is 1. The number of rotatable bonds is 5. The van der Waals surface area contributed by atoms with Crippen LogP contribution in [-0.4, -0.2) is 19.1 Å². The van der Waals surface area contributed by atoms with Crippen LogP contribution in [-0.2, 0) is 0 Å². The molecule has 4 nitrogen and oxygen atoms in total. The van der Waals surface area contributed by atoms with Crippen molar-refractivity contribution in [2.45, 2.75) is 39.0 Å². The molecule has 0 saturated heterocycles. The lowest BCUT2D eigenvalue weighted by Gasteiger charge is -2.22. The van der Waals surface area contributed by atoms with Gasteiger partial charge >= 0.3 is 0 Å². The summed E-state index contributed by atoms with van der Waals surface area (Å²) in [6, 6.07) is 5.21. The number of anilines is 1. The van der Waals surface area contributed by atoms with Gasteiger partial charge in [0.2, 0.25) is 0 Å². The van der Waals surface area contributed by atoms with Gasteiger partial charge in [0.1, 0.15) is 5.75 Å². The van der Waals surface area contributed by atoms with Crippen molar-refractivity contribution in [3.63, 3.8) is 0 Å². The first-order chi connectivity index (χ1) is 9.70. The van der Waals surface area contributed by atoms with Crippen LogP contribution in [0, 0.1) is 5.92 Å². The molecule has 1 aromatic carbocycles. The molecular weight excluding hydrogens is 252 g/mol. The van der Waals surface area contributed by atoms with Crippen molar-refractivity contribution in [1.29, 1.82) is 0 Å². The third kappa shape index (κ3) is 3.89. The lowest BCUT2D eigenvalue weighted by molar-refractivity contribution is 0.0950. The Morgan fingerprint density at radius 3 is 2.80 bits per heavy atom.